The highest BCUT2D eigenvalue weighted by atomic mass is 35.5. The van der Waals surface area contributed by atoms with E-state index in [0.717, 1.165) is 12.1 Å². The van der Waals surface area contributed by atoms with Gasteiger partial charge in [0, 0.05) is 24.5 Å². The largest absolute Gasteiger partial charge is 0.336 e. The van der Waals surface area contributed by atoms with E-state index in [4.69, 9.17) is 5.73 Å². The molecule has 122 valence electrons. The number of hydrogen-bond acceptors (Lipinski definition) is 3. The van der Waals surface area contributed by atoms with Gasteiger partial charge in [-0.05, 0) is 37.6 Å². The number of rotatable bonds is 5. The number of anilines is 2. The van der Waals surface area contributed by atoms with Crippen LogP contribution < -0.4 is 21.3 Å². The van der Waals surface area contributed by atoms with E-state index in [-0.39, 0.29) is 24.3 Å². The zero-order valence-corrected chi connectivity index (χ0v) is 13.7. The van der Waals surface area contributed by atoms with Crippen molar-refractivity contribution >= 4 is 35.7 Å². The highest BCUT2D eigenvalue weighted by molar-refractivity contribution is 5.98. The summed E-state index contributed by atoms with van der Waals surface area (Å²) >= 11 is 0. The Morgan fingerprint density at radius 3 is 2.55 bits per heavy atom. The van der Waals surface area contributed by atoms with Gasteiger partial charge in [-0.2, -0.15) is 0 Å². The van der Waals surface area contributed by atoms with Crippen LogP contribution in [0, 0.1) is 0 Å². The molecule has 0 aliphatic carbocycles. The molecule has 0 aromatic heterocycles. The Morgan fingerprint density at radius 2 is 2.05 bits per heavy atom. The van der Waals surface area contributed by atoms with E-state index in [2.05, 4.69) is 10.6 Å². The summed E-state index contributed by atoms with van der Waals surface area (Å²) < 4.78 is 0. The number of hydrogen-bond donors (Lipinski definition) is 3. The fourth-order valence-corrected chi connectivity index (χ4v) is 2.35. The third kappa shape index (κ3) is 4.11. The highest BCUT2D eigenvalue weighted by Gasteiger charge is 2.27. The SMILES string of the molecule is CCCC(C)(N)C(=O)Nc1ccc(N2CCNC2=O)cc1.Cl. The third-order valence-corrected chi connectivity index (χ3v) is 3.58. The van der Waals surface area contributed by atoms with Crippen LogP contribution in [-0.4, -0.2) is 30.6 Å². The van der Waals surface area contributed by atoms with Crippen LogP contribution in [-0.2, 0) is 4.79 Å². The highest BCUT2D eigenvalue weighted by Crippen LogP contribution is 2.20. The number of nitrogens with two attached hydrogens (primary N) is 1. The second-order valence-corrected chi connectivity index (χ2v) is 5.55. The smallest absolute Gasteiger partial charge is 0.321 e. The molecule has 0 radical (unpaired) electrons. The molecule has 1 aromatic rings. The van der Waals surface area contributed by atoms with Crippen LogP contribution in [0.1, 0.15) is 26.7 Å². The van der Waals surface area contributed by atoms with Crippen molar-refractivity contribution in [1.29, 1.82) is 0 Å². The van der Waals surface area contributed by atoms with Gasteiger partial charge in [-0.1, -0.05) is 13.3 Å². The van der Waals surface area contributed by atoms with E-state index in [9.17, 15) is 9.59 Å². The number of nitrogens with one attached hydrogen (secondary N) is 2. The van der Waals surface area contributed by atoms with Crippen LogP contribution in [0.15, 0.2) is 24.3 Å². The minimum absolute atomic E-state index is 0. The first-order valence-electron chi connectivity index (χ1n) is 7.20. The normalized spacial score (nSPS) is 16.5. The summed E-state index contributed by atoms with van der Waals surface area (Å²) in [6.45, 7) is 5.03. The van der Waals surface area contributed by atoms with Crippen molar-refractivity contribution in [3.63, 3.8) is 0 Å². The number of nitrogens with zero attached hydrogens (tertiary/aromatic N) is 1. The average molecular weight is 327 g/mol. The van der Waals surface area contributed by atoms with Crippen LogP contribution in [0.2, 0.25) is 0 Å². The molecule has 1 unspecified atom stereocenters. The molecule has 0 bridgehead atoms. The molecule has 1 aliphatic heterocycles. The Hall–Kier alpha value is -1.79. The first-order valence-corrected chi connectivity index (χ1v) is 7.20. The van der Waals surface area contributed by atoms with E-state index < -0.39 is 5.54 Å². The second kappa shape index (κ2) is 7.47. The molecule has 1 saturated heterocycles. The summed E-state index contributed by atoms with van der Waals surface area (Å²) in [5.74, 6) is -0.198. The summed E-state index contributed by atoms with van der Waals surface area (Å²) in [6, 6.07) is 7.09. The predicted molar refractivity (Wildman–Crippen MR) is 90.6 cm³/mol. The van der Waals surface area contributed by atoms with Crippen molar-refractivity contribution < 1.29 is 9.59 Å². The lowest BCUT2D eigenvalue weighted by molar-refractivity contribution is -0.120. The number of benzene rings is 1. The first-order chi connectivity index (χ1) is 9.94. The summed E-state index contributed by atoms with van der Waals surface area (Å²) in [5, 5.41) is 5.56. The van der Waals surface area contributed by atoms with Crippen molar-refractivity contribution in [2.24, 2.45) is 5.73 Å². The maximum atomic E-state index is 12.1. The molecular weight excluding hydrogens is 304 g/mol. The summed E-state index contributed by atoms with van der Waals surface area (Å²) in [7, 11) is 0. The van der Waals surface area contributed by atoms with Gasteiger partial charge in [0.15, 0.2) is 0 Å². The number of carbonyl (C=O) groups excluding carboxylic acids is 2. The molecule has 4 N–H and O–H groups in total. The van der Waals surface area contributed by atoms with Crippen molar-refractivity contribution in [2.45, 2.75) is 32.2 Å². The minimum Gasteiger partial charge on any atom is -0.336 e. The van der Waals surface area contributed by atoms with Crippen LogP contribution >= 0.6 is 12.4 Å². The second-order valence-electron chi connectivity index (χ2n) is 5.55. The standard InChI is InChI=1S/C15H22N4O2.ClH/c1-3-8-15(2,16)13(20)18-11-4-6-12(7-5-11)19-10-9-17-14(19)21;/h4-7H,3,8-10,16H2,1-2H3,(H,17,21)(H,18,20);1H. The monoisotopic (exact) mass is 326 g/mol. The molecular formula is C15H23ClN4O2. The average Bonchev–Trinajstić information content (AvgIpc) is 2.86. The van der Waals surface area contributed by atoms with Crippen molar-refractivity contribution in [1.82, 2.24) is 5.32 Å². The lowest BCUT2D eigenvalue weighted by atomic mass is 9.96. The Labute approximate surface area is 136 Å². The first kappa shape index (κ1) is 18.3. The van der Waals surface area contributed by atoms with E-state index in [0.29, 0.717) is 25.2 Å². The van der Waals surface area contributed by atoms with Crippen molar-refractivity contribution in [3.05, 3.63) is 24.3 Å². The molecule has 0 spiro atoms. The van der Waals surface area contributed by atoms with Gasteiger partial charge in [-0.3, -0.25) is 9.69 Å². The Balaban J connectivity index is 0.00000242. The Morgan fingerprint density at radius 1 is 1.41 bits per heavy atom. The fourth-order valence-electron chi connectivity index (χ4n) is 2.35. The van der Waals surface area contributed by atoms with Crippen molar-refractivity contribution in [3.8, 4) is 0 Å². The molecule has 1 atom stereocenters. The van der Waals surface area contributed by atoms with Gasteiger partial charge in [-0.15, -0.1) is 12.4 Å². The van der Waals surface area contributed by atoms with Crippen LogP contribution in [0.5, 0.6) is 0 Å². The maximum Gasteiger partial charge on any atom is 0.321 e. The van der Waals surface area contributed by atoms with Gasteiger partial charge in [0.2, 0.25) is 5.91 Å². The molecule has 2 rings (SSSR count). The van der Waals surface area contributed by atoms with Crippen molar-refractivity contribution in [2.75, 3.05) is 23.3 Å². The quantitative estimate of drug-likeness (QED) is 0.774. The minimum atomic E-state index is -0.873. The molecule has 22 heavy (non-hydrogen) atoms. The zero-order chi connectivity index (χ0) is 15.5. The number of halogens is 1. The van der Waals surface area contributed by atoms with E-state index in [1.807, 2.05) is 19.1 Å². The fraction of sp³-hybridized carbons (Fsp3) is 0.467. The van der Waals surface area contributed by atoms with E-state index >= 15 is 0 Å². The van der Waals surface area contributed by atoms with Crippen LogP contribution in [0.3, 0.4) is 0 Å². The number of carbonyl (C=O) groups is 2. The summed E-state index contributed by atoms with van der Waals surface area (Å²) in [5.41, 5.74) is 6.61. The Kier molecular flexibility index (Phi) is 6.20. The summed E-state index contributed by atoms with van der Waals surface area (Å²) in [6.07, 6.45) is 1.48. The lowest BCUT2D eigenvalue weighted by Gasteiger charge is -2.23. The lowest BCUT2D eigenvalue weighted by Crippen LogP contribution is -2.48. The molecule has 6 nitrogen and oxygen atoms in total. The molecule has 0 saturated carbocycles. The number of amides is 3. The molecule has 1 aliphatic rings. The molecule has 7 heteroatoms. The van der Waals surface area contributed by atoms with Gasteiger partial charge >= 0.3 is 6.03 Å². The van der Waals surface area contributed by atoms with E-state index in [1.165, 1.54) is 0 Å². The number of urea groups is 1. The van der Waals surface area contributed by atoms with E-state index in [1.54, 1.807) is 24.0 Å². The summed E-state index contributed by atoms with van der Waals surface area (Å²) in [4.78, 5) is 25.3. The molecule has 3 amide bonds. The maximum absolute atomic E-state index is 12.1. The van der Waals surface area contributed by atoms with Crippen LogP contribution in [0.4, 0.5) is 16.2 Å². The van der Waals surface area contributed by atoms with Gasteiger partial charge < -0.3 is 16.4 Å². The van der Waals surface area contributed by atoms with Gasteiger partial charge in [0.1, 0.15) is 0 Å². The third-order valence-electron chi connectivity index (χ3n) is 3.58. The molecule has 1 fully saturated rings. The van der Waals surface area contributed by atoms with Gasteiger partial charge in [0.25, 0.3) is 0 Å². The Bertz CT molecular complexity index is 531. The predicted octanol–water partition coefficient (Wildman–Crippen LogP) is 2.09. The topological polar surface area (TPSA) is 87.5 Å². The zero-order valence-electron chi connectivity index (χ0n) is 12.9. The van der Waals surface area contributed by atoms with Crippen LogP contribution in [0.25, 0.3) is 0 Å². The van der Waals surface area contributed by atoms with Gasteiger partial charge in [0.05, 0.1) is 5.54 Å². The van der Waals surface area contributed by atoms with Gasteiger partial charge in [-0.25, -0.2) is 4.79 Å². The molecule has 1 aromatic carbocycles. The molecule has 1 heterocycles.